The Kier molecular flexibility index (Phi) is 5.06. The molecule has 1 aromatic carbocycles. The zero-order valence-corrected chi connectivity index (χ0v) is 11.4. The second kappa shape index (κ2) is 6.80. The van der Waals surface area contributed by atoms with Crippen molar-refractivity contribution in [2.45, 2.75) is 31.7 Å². The molecular weight excluding hydrogens is 285 g/mol. The van der Waals surface area contributed by atoms with E-state index in [4.69, 9.17) is 0 Å². The lowest BCUT2D eigenvalue weighted by Gasteiger charge is -2.09. The molecule has 0 unspecified atom stereocenters. The van der Waals surface area contributed by atoms with Gasteiger partial charge in [-0.05, 0) is 50.1 Å². The predicted molar refractivity (Wildman–Crippen MR) is 71.1 cm³/mol. The minimum atomic E-state index is -4.72. The van der Waals surface area contributed by atoms with Crippen LogP contribution in [-0.2, 0) is 0 Å². The summed E-state index contributed by atoms with van der Waals surface area (Å²) >= 11 is 0. The number of amides is 1. The van der Waals surface area contributed by atoms with E-state index in [9.17, 15) is 18.0 Å². The molecule has 1 amide bonds. The standard InChI is InChI=1S/C14H17F3N2O2/c15-14(16,17)21-12-6-2-10(3-7-12)13(20)19-9-1-8-18-11-4-5-11/h2-3,6-7,11,18H,1,4-5,8-9H2,(H,19,20). The number of ether oxygens (including phenoxy) is 1. The van der Waals surface area contributed by atoms with Crippen molar-refractivity contribution in [3.05, 3.63) is 29.8 Å². The Hall–Kier alpha value is -1.76. The third kappa shape index (κ3) is 6.03. The Bertz CT molecular complexity index is 470. The highest BCUT2D eigenvalue weighted by molar-refractivity contribution is 5.94. The topological polar surface area (TPSA) is 50.4 Å². The number of rotatable bonds is 7. The second-order valence-electron chi connectivity index (χ2n) is 4.91. The average molecular weight is 302 g/mol. The minimum absolute atomic E-state index is 0.305. The molecule has 21 heavy (non-hydrogen) atoms. The number of carbonyl (C=O) groups is 1. The highest BCUT2D eigenvalue weighted by Gasteiger charge is 2.31. The highest BCUT2D eigenvalue weighted by atomic mass is 19.4. The van der Waals surface area contributed by atoms with E-state index in [1.165, 1.54) is 25.0 Å². The Morgan fingerprint density at radius 2 is 1.86 bits per heavy atom. The lowest BCUT2D eigenvalue weighted by molar-refractivity contribution is -0.274. The summed E-state index contributed by atoms with van der Waals surface area (Å²) in [5.41, 5.74) is 0.305. The molecule has 0 aliphatic heterocycles. The lowest BCUT2D eigenvalue weighted by Crippen LogP contribution is -2.27. The van der Waals surface area contributed by atoms with E-state index >= 15 is 0 Å². The third-order valence-electron chi connectivity index (χ3n) is 3.00. The molecule has 0 heterocycles. The first-order valence-electron chi connectivity index (χ1n) is 6.81. The number of benzene rings is 1. The highest BCUT2D eigenvalue weighted by Crippen LogP contribution is 2.22. The molecule has 0 saturated heterocycles. The summed E-state index contributed by atoms with van der Waals surface area (Å²) < 4.78 is 39.7. The van der Waals surface area contributed by atoms with Gasteiger partial charge in [-0.25, -0.2) is 0 Å². The van der Waals surface area contributed by atoms with Crippen LogP contribution in [0.25, 0.3) is 0 Å². The van der Waals surface area contributed by atoms with Gasteiger partial charge in [0.1, 0.15) is 5.75 Å². The van der Waals surface area contributed by atoms with Gasteiger partial charge in [-0.1, -0.05) is 0 Å². The molecule has 0 spiro atoms. The van der Waals surface area contributed by atoms with Crippen LogP contribution in [0.4, 0.5) is 13.2 Å². The summed E-state index contributed by atoms with van der Waals surface area (Å²) in [6.07, 6.45) is -1.47. The van der Waals surface area contributed by atoms with Gasteiger partial charge in [-0.15, -0.1) is 13.2 Å². The van der Waals surface area contributed by atoms with E-state index in [2.05, 4.69) is 15.4 Å². The number of halogens is 3. The first-order chi connectivity index (χ1) is 9.94. The van der Waals surface area contributed by atoms with Crippen molar-refractivity contribution >= 4 is 5.91 Å². The molecule has 0 radical (unpaired) electrons. The van der Waals surface area contributed by atoms with Crippen molar-refractivity contribution in [2.75, 3.05) is 13.1 Å². The van der Waals surface area contributed by atoms with E-state index in [0.717, 1.165) is 25.1 Å². The van der Waals surface area contributed by atoms with Crippen LogP contribution < -0.4 is 15.4 Å². The third-order valence-corrected chi connectivity index (χ3v) is 3.00. The smallest absolute Gasteiger partial charge is 0.406 e. The Labute approximate surface area is 120 Å². The molecule has 1 aliphatic carbocycles. The molecule has 0 atom stereocenters. The van der Waals surface area contributed by atoms with E-state index in [-0.39, 0.29) is 11.7 Å². The number of carbonyl (C=O) groups excluding carboxylic acids is 1. The van der Waals surface area contributed by atoms with Gasteiger partial charge in [0.2, 0.25) is 0 Å². The van der Waals surface area contributed by atoms with Gasteiger partial charge in [-0.3, -0.25) is 4.79 Å². The van der Waals surface area contributed by atoms with Gasteiger partial charge in [0.15, 0.2) is 0 Å². The average Bonchev–Trinajstić information content (AvgIpc) is 3.21. The first kappa shape index (κ1) is 15.6. The zero-order valence-electron chi connectivity index (χ0n) is 11.4. The van der Waals surface area contributed by atoms with Crippen molar-refractivity contribution < 1.29 is 22.7 Å². The maximum absolute atomic E-state index is 12.0. The Morgan fingerprint density at radius 1 is 1.19 bits per heavy atom. The molecule has 2 N–H and O–H groups in total. The Balaban J connectivity index is 1.71. The number of nitrogens with one attached hydrogen (secondary N) is 2. The number of alkyl halides is 3. The van der Waals surface area contributed by atoms with E-state index in [0.29, 0.717) is 18.2 Å². The summed E-state index contributed by atoms with van der Waals surface area (Å²) in [5.74, 6) is -0.646. The van der Waals surface area contributed by atoms with E-state index in [1.807, 2.05) is 0 Å². The van der Waals surface area contributed by atoms with Crippen LogP contribution in [0.1, 0.15) is 29.6 Å². The second-order valence-corrected chi connectivity index (χ2v) is 4.91. The molecule has 1 saturated carbocycles. The fraction of sp³-hybridized carbons (Fsp3) is 0.500. The SMILES string of the molecule is O=C(NCCCNC1CC1)c1ccc(OC(F)(F)F)cc1. The lowest BCUT2D eigenvalue weighted by atomic mass is 10.2. The van der Waals surface area contributed by atoms with Crippen LogP contribution in [0.5, 0.6) is 5.75 Å². The van der Waals surface area contributed by atoms with Gasteiger partial charge in [0.05, 0.1) is 0 Å². The molecule has 7 heteroatoms. The van der Waals surface area contributed by atoms with Gasteiger partial charge in [0.25, 0.3) is 5.91 Å². The molecule has 1 aromatic rings. The zero-order chi connectivity index (χ0) is 15.3. The quantitative estimate of drug-likeness (QED) is 0.761. The number of hydrogen-bond donors (Lipinski definition) is 2. The first-order valence-corrected chi connectivity index (χ1v) is 6.81. The fourth-order valence-corrected chi connectivity index (χ4v) is 1.79. The molecule has 2 rings (SSSR count). The summed E-state index contributed by atoms with van der Waals surface area (Å²) in [7, 11) is 0. The molecule has 1 aliphatic rings. The minimum Gasteiger partial charge on any atom is -0.406 e. The maximum Gasteiger partial charge on any atom is 0.573 e. The van der Waals surface area contributed by atoms with Crippen LogP contribution in [0.2, 0.25) is 0 Å². The van der Waals surface area contributed by atoms with E-state index in [1.54, 1.807) is 0 Å². The van der Waals surface area contributed by atoms with Crippen molar-refractivity contribution in [2.24, 2.45) is 0 Å². The molecule has 0 aromatic heterocycles. The van der Waals surface area contributed by atoms with Crippen LogP contribution >= 0.6 is 0 Å². The summed E-state index contributed by atoms with van der Waals surface area (Å²) in [6, 6.07) is 5.49. The fourth-order valence-electron chi connectivity index (χ4n) is 1.79. The van der Waals surface area contributed by atoms with Crippen molar-refractivity contribution in [1.82, 2.24) is 10.6 Å². The molecule has 1 fully saturated rings. The van der Waals surface area contributed by atoms with Crippen molar-refractivity contribution in [1.29, 1.82) is 0 Å². The summed E-state index contributed by atoms with van der Waals surface area (Å²) in [6.45, 7) is 1.38. The monoisotopic (exact) mass is 302 g/mol. The molecule has 0 bridgehead atoms. The summed E-state index contributed by atoms with van der Waals surface area (Å²) in [4.78, 5) is 11.8. The largest absolute Gasteiger partial charge is 0.573 e. The normalized spacial score (nSPS) is 14.8. The van der Waals surface area contributed by atoms with E-state index < -0.39 is 6.36 Å². The Morgan fingerprint density at radius 3 is 2.43 bits per heavy atom. The predicted octanol–water partition coefficient (Wildman–Crippen LogP) is 2.46. The van der Waals surface area contributed by atoms with Gasteiger partial charge in [0, 0.05) is 18.2 Å². The van der Waals surface area contributed by atoms with Crippen molar-refractivity contribution in [3.63, 3.8) is 0 Å². The van der Waals surface area contributed by atoms with Crippen LogP contribution in [0.15, 0.2) is 24.3 Å². The summed E-state index contributed by atoms with van der Waals surface area (Å²) in [5, 5.41) is 6.04. The molecular formula is C14H17F3N2O2. The van der Waals surface area contributed by atoms with Gasteiger partial charge >= 0.3 is 6.36 Å². The molecule has 4 nitrogen and oxygen atoms in total. The van der Waals surface area contributed by atoms with Crippen LogP contribution in [0.3, 0.4) is 0 Å². The molecule has 116 valence electrons. The van der Waals surface area contributed by atoms with Gasteiger partial charge in [-0.2, -0.15) is 0 Å². The maximum atomic E-state index is 12.0. The van der Waals surface area contributed by atoms with Gasteiger partial charge < -0.3 is 15.4 Å². The number of hydrogen-bond acceptors (Lipinski definition) is 3. The van der Waals surface area contributed by atoms with Crippen molar-refractivity contribution in [3.8, 4) is 5.75 Å². The van der Waals surface area contributed by atoms with Crippen LogP contribution in [-0.4, -0.2) is 31.4 Å². The van der Waals surface area contributed by atoms with Crippen LogP contribution in [0, 0.1) is 0 Å².